The number of rotatable bonds is 6. The molecule has 0 spiro atoms. The van der Waals surface area contributed by atoms with Crippen molar-refractivity contribution < 1.29 is 9.53 Å². The molecule has 190 valence electrons. The van der Waals surface area contributed by atoms with Crippen LogP contribution in [0.1, 0.15) is 68.6 Å². The Balaban J connectivity index is 1.39. The molecule has 0 aliphatic carbocycles. The number of anilines is 3. The van der Waals surface area contributed by atoms with Crippen molar-refractivity contribution in [3.8, 4) is 0 Å². The molecule has 0 amide bonds. The van der Waals surface area contributed by atoms with Gasteiger partial charge in [0.15, 0.2) is 0 Å². The number of hydrogen-bond donors (Lipinski definition) is 3. The number of piperidine rings is 1. The summed E-state index contributed by atoms with van der Waals surface area (Å²) in [4.78, 5) is 28.8. The number of pyridine rings is 1. The van der Waals surface area contributed by atoms with Crippen LogP contribution in [-0.2, 0) is 16.0 Å². The molecule has 1 saturated heterocycles. The lowest BCUT2D eigenvalue weighted by atomic mass is 9.92. The molecule has 2 aliphatic heterocycles. The minimum atomic E-state index is -0.776. The first-order valence-corrected chi connectivity index (χ1v) is 12.7. The number of nitrogens with one attached hydrogen (secondary N) is 2. The van der Waals surface area contributed by atoms with Gasteiger partial charge in [0.25, 0.3) is 0 Å². The molecule has 0 bridgehead atoms. The summed E-state index contributed by atoms with van der Waals surface area (Å²) in [6, 6.07) is 3.68. The molecule has 0 radical (unpaired) electrons. The van der Waals surface area contributed by atoms with E-state index in [4.69, 9.17) is 20.4 Å². The molecule has 2 aromatic rings. The van der Waals surface area contributed by atoms with E-state index in [9.17, 15) is 4.79 Å². The van der Waals surface area contributed by atoms with Crippen LogP contribution in [-0.4, -0.2) is 58.7 Å². The van der Waals surface area contributed by atoms with Crippen molar-refractivity contribution in [2.45, 2.75) is 77.9 Å². The van der Waals surface area contributed by atoms with Crippen LogP contribution in [0.3, 0.4) is 0 Å². The SMILES string of the molecule is Cc1nc(NCC(N)C(=O)OC(C)(C)C)c(C)c(N2CCC(c3ccc4c(n3)NCCC4)CC2)n1. The highest BCUT2D eigenvalue weighted by Gasteiger charge is 2.26. The fourth-order valence-corrected chi connectivity index (χ4v) is 4.72. The quantitative estimate of drug-likeness (QED) is 0.534. The highest BCUT2D eigenvalue weighted by molar-refractivity contribution is 5.76. The zero-order valence-electron chi connectivity index (χ0n) is 21.6. The van der Waals surface area contributed by atoms with Gasteiger partial charge < -0.3 is 26.0 Å². The molecule has 0 saturated carbocycles. The van der Waals surface area contributed by atoms with E-state index < -0.39 is 17.6 Å². The Kier molecular flexibility index (Phi) is 7.44. The molecule has 9 nitrogen and oxygen atoms in total. The summed E-state index contributed by atoms with van der Waals surface area (Å²) in [6.45, 7) is 12.5. The molecule has 4 heterocycles. The van der Waals surface area contributed by atoms with Crippen molar-refractivity contribution in [3.63, 3.8) is 0 Å². The topological polar surface area (TPSA) is 118 Å². The van der Waals surface area contributed by atoms with E-state index in [1.54, 1.807) is 0 Å². The average Bonchev–Trinajstić information content (AvgIpc) is 2.83. The number of nitrogens with two attached hydrogens (primary N) is 1. The van der Waals surface area contributed by atoms with Crippen molar-refractivity contribution in [3.05, 3.63) is 34.8 Å². The number of hydrogen-bond acceptors (Lipinski definition) is 9. The normalized spacial score (nSPS) is 17.4. The van der Waals surface area contributed by atoms with Gasteiger partial charge >= 0.3 is 5.97 Å². The van der Waals surface area contributed by atoms with Gasteiger partial charge in [-0.2, -0.15) is 0 Å². The maximum absolute atomic E-state index is 12.2. The monoisotopic (exact) mass is 481 g/mol. The maximum atomic E-state index is 12.2. The lowest BCUT2D eigenvalue weighted by molar-refractivity contribution is -0.156. The van der Waals surface area contributed by atoms with Crippen LogP contribution in [0.2, 0.25) is 0 Å². The van der Waals surface area contributed by atoms with Gasteiger partial charge in [0.05, 0.1) is 0 Å². The number of carbonyl (C=O) groups excluding carboxylic acids is 1. The van der Waals surface area contributed by atoms with Crippen LogP contribution in [0.15, 0.2) is 12.1 Å². The van der Waals surface area contributed by atoms with Gasteiger partial charge in [-0.1, -0.05) is 6.07 Å². The summed E-state index contributed by atoms with van der Waals surface area (Å²) in [7, 11) is 0. The third-order valence-electron chi connectivity index (χ3n) is 6.56. The molecule has 1 fully saturated rings. The van der Waals surface area contributed by atoms with Gasteiger partial charge in [-0.05, 0) is 71.9 Å². The molecular weight excluding hydrogens is 442 g/mol. The summed E-state index contributed by atoms with van der Waals surface area (Å²) in [5.41, 5.74) is 8.96. The van der Waals surface area contributed by atoms with Gasteiger partial charge in [-0.15, -0.1) is 0 Å². The molecular formula is C26H39N7O2. The average molecular weight is 482 g/mol. The lowest BCUT2D eigenvalue weighted by Crippen LogP contribution is -2.42. The first-order valence-electron chi connectivity index (χ1n) is 12.7. The van der Waals surface area contributed by atoms with Crippen molar-refractivity contribution in [1.82, 2.24) is 15.0 Å². The minimum Gasteiger partial charge on any atom is -0.459 e. The molecule has 2 aromatic heterocycles. The van der Waals surface area contributed by atoms with Crippen LogP contribution < -0.4 is 21.3 Å². The Bertz CT molecular complexity index is 1060. The van der Waals surface area contributed by atoms with E-state index in [1.165, 1.54) is 17.7 Å². The predicted molar refractivity (Wildman–Crippen MR) is 139 cm³/mol. The van der Waals surface area contributed by atoms with Gasteiger partial charge in [-0.3, -0.25) is 4.79 Å². The number of ether oxygens (including phenoxy) is 1. The Labute approximate surface area is 208 Å². The number of nitrogens with zero attached hydrogens (tertiary/aromatic N) is 4. The summed E-state index contributed by atoms with van der Waals surface area (Å²) in [5, 5.41) is 6.69. The first-order chi connectivity index (χ1) is 16.6. The lowest BCUT2D eigenvalue weighted by Gasteiger charge is -2.34. The number of fused-ring (bicyclic) bond motifs is 1. The van der Waals surface area contributed by atoms with Crippen molar-refractivity contribution in [2.24, 2.45) is 5.73 Å². The second-order valence-electron chi connectivity index (χ2n) is 10.6. The third-order valence-corrected chi connectivity index (χ3v) is 6.56. The smallest absolute Gasteiger partial charge is 0.325 e. The van der Waals surface area contributed by atoms with Gasteiger partial charge in [0.1, 0.15) is 34.9 Å². The van der Waals surface area contributed by atoms with Crippen molar-refractivity contribution >= 4 is 23.4 Å². The summed E-state index contributed by atoms with van der Waals surface area (Å²) in [5.74, 6) is 3.41. The number of aromatic nitrogens is 3. The van der Waals surface area contributed by atoms with E-state index in [2.05, 4.69) is 32.7 Å². The predicted octanol–water partition coefficient (Wildman–Crippen LogP) is 3.31. The molecule has 0 aromatic carbocycles. The van der Waals surface area contributed by atoms with Crippen LogP contribution in [0, 0.1) is 13.8 Å². The second-order valence-corrected chi connectivity index (χ2v) is 10.6. The second kappa shape index (κ2) is 10.4. The Morgan fingerprint density at radius 3 is 2.69 bits per heavy atom. The third kappa shape index (κ3) is 6.20. The van der Waals surface area contributed by atoms with E-state index >= 15 is 0 Å². The Morgan fingerprint density at radius 2 is 1.97 bits per heavy atom. The summed E-state index contributed by atoms with van der Waals surface area (Å²) >= 11 is 0. The van der Waals surface area contributed by atoms with Crippen LogP contribution in [0.25, 0.3) is 0 Å². The van der Waals surface area contributed by atoms with Crippen LogP contribution >= 0.6 is 0 Å². The van der Waals surface area contributed by atoms with E-state index in [1.807, 2.05) is 34.6 Å². The van der Waals surface area contributed by atoms with Gasteiger partial charge in [-0.25, -0.2) is 15.0 Å². The van der Waals surface area contributed by atoms with E-state index in [0.29, 0.717) is 17.6 Å². The van der Waals surface area contributed by atoms with E-state index in [-0.39, 0.29) is 6.54 Å². The summed E-state index contributed by atoms with van der Waals surface area (Å²) < 4.78 is 5.38. The van der Waals surface area contributed by atoms with Crippen LogP contribution in [0.4, 0.5) is 17.5 Å². The largest absolute Gasteiger partial charge is 0.459 e. The number of esters is 1. The van der Waals surface area contributed by atoms with Gasteiger partial charge in [0, 0.05) is 43.4 Å². The molecule has 1 unspecified atom stereocenters. The molecule has 35 heavy (non-hydrogen) atoms. The van der Waals surface area contributed by atoms with Crippen molar-refractivity contribution in [1.29, 1.82) is 0 Å². The highest BCUT2D eigenvalue weighted by atomic mass is 16.6. The molecule has 4 rings (SSSR count). The molecule has 9 heteroatoms. The van der Waals surface area contributed by atoms with Gasteiger partial charge in [0.2, 0.25) is 0 Å². The van der Waals surface area contributed by atoms with Crippen LogP contribution in [0.5, 0.6) is 0 Å². The molecule has 4 N–H and O–H groups in total. The Morgan fingerprint density at radius 1 is 1.23 bits per heavy atom. The zero-order chi connectivity index (χ0) is 25.2. The Hall–Kier alpha value is -2.94. The molecule has 2 aliphatic rings. The highest BCUT2D eigenvalue weighted by Crippen LogP contribution is 2.33. The van der Waals surface area contributed by atoms with Crippen molar-refractivity contribution in [2.75, 3.05) is 41.7 Å². The minimum absolute atomic E-state index is 0.242. The summed E-state index contributed by atoms with van der Waals surface area (Å²) in [6.07, 6.45) is 4.34. The fourth-order valence-electron chi connectivity index (χ4n) is 4.72. The zero-order valence-corrected chi connectivity index (χ0v) is 21.6. The first kappa shape index (κ1) is 25.2. The standard InChI is InChI=1S/C26H39N7O2/c1-16-22(29-15-20(27)25(34)35-26(3,4)5)30-17(2)31-24(16)33-13-10-18(11-14-33)21-9-8-19-7-6-12-28-23(19)32-21/h8-9,18,20H,6-7,10-15,27H2,1-5H3,(H,28,32)(H,29,30,31). The molecule has 1 atom stereocenters. The number of aryl methyl sites for hydroxylation is 2. The van der Waals surface area contributed by atoms with E-state index in [0.717, 1.165) is 56.1 Å². The number of carbonyl (C=O) groups is 1. The maximum Gasteiger partial charge on any atom is 0.325 e. The fraction of sp³-hybridized carbons (Fsp3) is 0.615.